The molecule has 4 bridgehead atoms. The average molecular weight is 389 g/mol. The molecule has 4 saturated carbocycles. The van der Waals surface area contributed by atoms with Gasteiger partial charge in [0.15, 0.2) is 0 Å². The summed E-state index contributed by atoms with van der Waals surface area (Å²) in [5.41, 5.74) is 1.41. The molecule has 5 aliphatic rings. The molecule has 1 aromatic heterocycles. The fourth-order valence-corrected chi connectivity index (χ4v) is 7.62. The smallest absolute Gasteiger partial charge is 0.341 e. The topological polar surface area (TPSA) is 67.4 Å². The van der Waals surface area contributed by atoms with Gasteiger partial charge in [-0.2, -0.15) is 0 Å². The van der Waals surface area contributed by atoms with Crippen LogP contribution in [0.1, 0.15) is 68.3 Å². The van der Waals surface area contributed by atoms with Gasteiger partial charge in [-0.3, -0.25) is 4.79 Å². The van der Waals surface area contributed by atoms with Crippen molar-refractivity contribution in [1.82, 2.24) is 0 Å². The fourth-order valence-electron chi connectivity index (χ4n) is 6.38. The molecule has 4 fully saturated rings. The van der Waals surface area contributed by atoms with Crippen LogP contribution in [0.25, 0.3) is 0 Å². The van der Waals surface area contributed by atoms with Crippen LogP contribution in [0.5, 0.6) is 0 Å². The monoisotopic (exact) mass is 388 g/mol. The first kappa shape index (κ1) is 17.5. The van der Waals surface area contributed by atoms with Gasteiger partial charge in [0, 0.05) is 11.6 Å². The predicted octanol–water partition coefficient (Wildman–Crippen LogP) is 4.44. The number of amides is 1. The molecule has 0 aromatic carbocycles. The van der Waals surface area contributed by atoms with Gasteiger partial charge in [0.25, 0.3) is 0 Å². The van der Waals surface area contributed by atoms with Crippen LogP contribution < -0.4 is 10.6 Å². The molecule has 3 atom stereocenters. The lowest BCUT2D eigenvalue weighted by atomic mass is 9.75. The molecule has 146 valence electrons. The van der Waals surface area contributed by atoms with Crippen molar-refractivity contribution in [2.45, 2.75) is 64.8 Å². The third-order valence-corrected chi connectivity index (χ3v) is 8.44. The molecule has 0 saturated heterocycles. The summed E-state index contributed by atoms with van der Waals surface area (Å²) < 4.78 is 5.32. The van der Waals surface area contributed by atoms with Crippen LogP contribution in [-0.4, -0.2) is 24.5 Å². The van der Waals surface area contributed by atoms with Crippen molar-refractivity contribution in [2.24, 2.45) is 23.2 Å². The van der Waals surface area contributed by atoms with Crippen molar-refractivity contribution in [2.75, 3.05) is 17.2 Å². The second-order valence-electron chi connectivity index (χ2n) is 9.07. The highest BCUT2D eigenvalue weighted by molar-refractivity contribution is 7.20. The van der Waals surface area contributed by atoms with Gasteiger partial charge in [0.05, 0.1) is 22.6 Å². The van der Waals surface area contributed by atoms with E-state index in [0.29, 0.717) is 29.1 Å². The Balaban J connectivity index is 1.46. The second kappa shape index (κ2) is 6.23. The van der Waals surface area contributed by atoms with E-state index in [2.05, 4.69) is 17.6 Å². The Kier molecular flexibility index (Phi) is 4.04. The SMILES string of the molecule is CCOC(=O)c1c(NC(=O)C23CC4CC(CC2C4)C3)sc2c1CCC(C)N2. The number of ether oxygens (including phenoxy) is 1. The van der Waals surface area contributed by atoms with Crippen LogP contribution in [0, 0.1) is 23.2 Å². The number of esters is 1. The molecule has 3 unspecified atom stereocenters. The number of hydrogen-bond donors (Lipinski definition) is 2. The molecule has 4 aliphatic carbocycles. The standard InChI is InChI=1S/C21H28N2O3S/c1-3-26-19(24)16-15-5-4-11(2)22-17(15)27-18(16)23-20(25)21-9-12-6-13(10-21)8-14(21)7-12/h11-14,22H,3-10H2,1-2H3,(H,23,25). The molecule has 6 heteroatoms. The van der Waals surface area contributed by atoms with Gasteiger partial charge in [-0.25, -0.2) is 4.79 Å². The van der Waals surface area contributed by atoms with Crippen molar-refractivity contribution < 1.29 is 14.3 Å². The van der Waals surface area contributed by atoms with Crippen molar-refractivity contribution in [3.8, 4) is 0 Å². The average Bonchev–Trinajstić information content (AvgIpc) is 3.18. The second-order valence-corrected chi connectivity index (χ2v) is 10.1. The maximum atomic E-state index is 13.4. The summed E-state index contributed by atoms with van der Waals surface area (Å²) in [6.07, 6.45) is 7.66. The van der Waals surface area contributed by atoms with Crippen LogP contribution in [0.2, 0.25) is 0 Å². The maximum absolute atomic E-state index is 13.4. The van der Waals surface area contributed by atoms with E-state index in [1.54, 1.807) is 0 Å². The van der Waals surface area contributed by atoms with Crippen molar-refractivity contribution in [1.29, 1.82) is 0 Å². The molecule has 27 heavy (non-hydrogen) atoms. The Hall–Kier alpha value is -1.56. The van der Waals surface area contributed by atoms with Gasteiger partial charge in [-0.05, 0) is 76.5 Å². The lowest BCUT2D eigenvalue weighted by molar-refractivity contribution is -0.127. The summed E-state index contributed by atoms with van der Waals surface area (Å²) in [5, 5.41) is 8.39. The van der Waals surface area contributed by atoms with E-state index in [4.69, 9.17) is 4.74 Å². The van der Waals surface area contributed by atoms with E-state index in [-0.39, 0.29) is 17.3 Å². The highest BCUT2D eigenvalue weighted by atomic mass is 32.1. The van der Waals surface area contributed by atoms with E-state index in [1.807, 2.05) is 6.92 Å². The summed E-state index contributed by atoms with van der Waals surface area (Å²) in [5.74, 6) is 1.85. The molecule has 5 nitrogen and oxygen atoms in total. The van der Waals surface area contributed by atoms with Crippen LogP contribution in [0.3, 0.4) is 0 Å². The number of rotatable bonds is 4. The van der Waals surface area contributed by atoms with E-state index in [9.17, 15) is 9.59 Å². The van der Waals surface area contributed by atoms with E-state index in [1.165, 1.54) is 30.6 Å². The molecule has 0 spiro atoms. The third kappa shape index (κ3) is 2.63. The Bertz CT molecular complexity index is 788. The van der Waals surface area contributed by atoms with Crippen LogP contribution in [0.15, 0.2) is 0 Å². The molecular formula is C21H28N2O3S. The molecule has 1 amide bonds. The minimum Gasteiger partial charge on any atom is -0.462 e. The first-order valence-corrected chi connectivity index (χ1v) is 11.2. The summed E-state index contributed by atoms with van der Waals surface area (Å²) in [4.78, 5) is 26.1. The Morgan fingerprint density at radius 3 is 2.70 bits per heavy atom. The van der Waals surface area contributed by atoms with Crippen LogP contribution >= 0.6 is 11.3 Å². The minimum absolute atomic E-state index is 0.148. The van der Waals surface area contributed by atoms with Crippen LogP contribution in [0.4, 0.5) is 10.0 Å². The summed E-state index contributed by atoms with van der Waals surface area (Å²) in [7, 11) is 0. The van der Waals surface area contributed by atoms with Gasteiger partial charge in [0.1, 0.15) is 5.00 Å². The zero-order chi connectivity index (χ0) is 18.8. The third-order valence-electron chi connectivity index (χ3n) is 7.36. The first-order valence-electron chi connectivity index (χ1n) is 10.4. The molecule has 0 radical (unpaired) electrons. The zero-order valence-electron chi connectivity index (χ0n) is 16.1. The largest absolute Gasteiger partial charge is 0.462 e. The fraction of sp³-hybridized carbons (Fsp3) is 0.714. The lowest BCUT2D eigenvalue weighted by Gasteiger charge is -2.31. The maximum Gasteiger partial charge on any atom is 0.341 e. The molecule has 6 rings (SSSR count). The van der Waals surface area contributed by atoms with E-state index < -0.39 is 0 Å². The zero-order valence-corrected chi connectivity index (χ0v) is 16.9. The number of carbonyl (C=O) groups is 2. The highest BCUT2D eigenvalue weighted by Crippen LogP contribution is 2.65. The highest BCUT2D eigenvalue weighted by Gasteiger charge is 2.61. The minimum atomic E-state index is -0.309. The van der Waals surface area contributed by atoms with Crippen molar-refractivity contribution in [3.05, 3.63) is 11.1 Å². The predicted molar refractivity (Wildman–Crippen MR) is 106 cm³/mol. The first-order chi connectivity index (χ1) is 13.0. The number of nitrogens with one attached hydrogen (secondary N) is 2. The van der Waals surface area contributed by atoms with Crippen molar-refractivity contribution >= 4 is 33.2 Å². The molecule has 2 N–H and O–H groups in total. The van der Waals surface area contributed by atoms with Gasteiger partial charge in [-0.1, -0.05) is 11.3 Å². The molecule has 1 aliphatic heterocycles. The summed E-state index contributed by atoms with van der Waals surface area (Å²) in [6.45, 7) is 4.32. The number of anilines is 2. The normalized spacial score (nSPS) is 35.6. The van der Waals surface area contributed by atoms with Gasteiger partial charge < -0.3 is 15.4 Å². The summed E-state index contributed by atoms with van der Waals surface area (Å²) >= 11 is 1.51. The quantitative estimate of drug-likeness (QED) is 0.749. The van der Waals surface area contributed by atoms with Gasteiger partial charge in [-0.15, -0.1) is 0 Å². The number of fused-ring (bicyclic) bond motifs is 1. The molecule has 1 aromatic rings. The van der Waals surface area contributed by atoms with Gasteiger partial charge >= 0.3 is 5.97 Å². The molecule has 2 heterocycles. The number of carbonyl (C=O) groups excluding carboxylic acids is 2. The van der Waals surface area contributed by atoms with Crippen LogP contribution in [-0.2, 0) is 16.0 Å². The van der Waals surface area contributed by atoms with E-state index >= 15 is 0 Å². The number of thiophene rings is 1. The number of hydrogen-bond acceptors (Lipinski definition) is 5. The Labute approximate surface area is 164 Å². The Morgan fingerprint density at radius 2 is 2.00 bits per heavy atom. The molecular weight excluding hydrogens is 360 g/mol. The lowest BCUT2D eigenvalue weighted by Crippen LogP contribution is -2.37. The summed E-state index contributed by atoms with van der Waals surface area (Å²) in [6, 6.07) is 0.384. The van der Waals surface area contributed by atoms with Gasteiger partial charge in [0.2, 0.25) is 5.91 Å². The Morgan fingerprint density at radius 1 is 1.26 bits per heavy atom. The van der Waals surface area contributed by atoms with E-state index in [0.717, 1.165) is 48.1 Å². The van der Waals surface area contributed by atoms with Crippen molar-refractivity contribution in [3.63, 3.8) is 0 Å².